The predicted molar refractivity (Wildman–Crippen MR) is 80.0 cm³/mol. The predicted octanol–water partition coefficient (Wildman–Crippen LogP) is 2.25. The second kappa shape index (κ2) is 8.18. The van der Waals surface area contributed by atoms with Crippen molar-refractivity contribution in [2.75, 3.05) is 6.61 Å². The lowest BCUT2D eigenvalue weighted by Gasteiger charge is -2.12. The lowest BCUT2D eigenvalue weighted by atomic mass is 10.3. The Kier molecular flexibility index (Phi) is 6.58. The normalized spacial score (nSPS) is 11.4. The van der Waals surface area contributed by atoms with Crippen molar-refractivity contribution in [1.29, 1.82) is 0 Å². The molecule has 0 aromatic heterocycles. The average molecular weight is 330 g/mol. The molecule has 0 fully saturated rings. The van der Waals surface area contributed by atoms with Crippen LogP contribution in [0.5, 0.6) is 5.75 Å². The largest absolute Gasteiger partial charge is 0.477 e. The number of hydrogen-bond acceptors (Lipinski definition) is 5. The Morgan fingerprint density at radius 1 is 1.45 bits per heavy atom. The zero-order valence-electron chi connectivity index (χ0n) is 12.1. The lowest BCUT2D eigenvalue weighted by Crippen LogP contribution is -2.44. The fourth-order valence-corrected chi connectivity index (χ4v) is 1.59. The molecule has 8 nitrogen and oxygen atoms in total. The minimum atomic E-state index is -0.718. The van der Waals surface area contributed by atoms with E-state index < -0.39 is 23.5 Å². The second-order valence-electron chi connectivity index (χ2n) is 4.49. The molecule has 0 aliphatic rings. The van der Waals surface area contributed by atoms with Gasteiger partial charge in [-0.15, -0.1) is 0 Å². The maximum Gasteiger partial charge on any atom is 0.321 e. The van der Waals surface area contributed by atoms with E-state index in [1.807, 2.05) is 6.92 Å². The molecule has 1 atom stereocenters. The number of amides is 3. The number of rotatable bonds is 6. The number of nitrogens with zero attached hydrogens (tertiary/aromatic N) is 1. The van der Waals surface area contributed by atoms with Crippen molar-refractivity contribution in [2.45, 2.75) is 26.3 Å². The fourth-order valence-electron chi connectivity index (χ4n) is 1.42. The number of carbonyl (C=O) groups is 2. The molecule has 0 aliphatic carbocycles. The van der Waals surface area contributed by atoms with Gasteiger partial charge in [-0.2, -0.15) is 0 Å². The number of nitro benzene ring substituents is 1. The smallest absolute Gasteiger partial charge is 0.321 e. The fraction of sp³-hybridized carbons (Fsp3) is 0.385. The van der Waals surface area contributed by atoms with Gasteiger partial charge in [-0.1, -0.05) is 18.5 Å². The number of ether oxygens (including phenoxy) is 1. The summed E-state index contributed by atoms with van der Waals surface area (Å²) in [6, 6.07) is 3.08. The molecule has 0 radical (unpaired) electrons. The molecule has 3 amide bonds. The molecule has 0 spiro atoms. The Labute approximate surface area is 131 Å². The highest BCUT2D eigenvalue weighted by Crippen LogP contribution is 2.29. The monoisotopic (exact) mass is 329 g/mol. The minimum Gasteiger partial charge on any atom is -0.477 e. The first-order valence-corrected chi connectivity index (χ1v) is 6.88. The van der Waals surface area contributed by atoms with Crippen molar-refractivity contribution in [1.82, 2.24) is 10.6 Å². The van der Waals surface area contributed by atoms with Crippen molar-refractivity contribution in [3.8, 4) is 5.75 Å². The van der Waals surface area contributed by atoms with Crippen LogP contribution in [0.25, 0.3) is 0 Å². The van der Waals surface area contributed by atoms with E-state index in [4.69, 9.17) is 16.3 Å². The summed E-state index contributed by atoms with van der Waals surface area (Å²) >= 11 is 5.66. The zero-order valence-corrected chi connectivity index (χ0v) is 12.8. The van der Waals surface area contributed by atoms with Crippen LogP contribution in [0.2, 0.25) is 5.02 Å². The van der Waals surface area contributed by atoms with Gasteiger partial charge in [0, 0.05) is 17.1 Å². The van der Waals surface area contributed by atoms with Crippen LogP contribution in [0.3, 0.4) is 0 Å². The van der Waals surface area contributed by atoms with E-state index in [1.165, 1.54) is 12.1 Å². The number of hydrogen-bond donors (Lipinski definition) is 2. The van der Waals surface area contributed by atoms with Crippen LogP contribution >= 0.6 is 11.6 Å². The van der Waals surface area contributed by atoms with Crippen LogP contribution < -0.4 is 15.4 Å². The van der Waals surface area contributed by atoms with Crippen LogP contribution in [0.4, 0.5) is 10.5 Å². The summed E-state index contributed by atoms with van der Waals surface area (Å²) in [6.45, 7) is 3.14. The summed E-state index contributed by atoms with van der Waals surface area (Å²) in [4.78, 5) is 33.2. The number of urea groups is 1. The highest BCUT2D eigenvalue weighted by molar-refractivity contribution is 6.30. The van der Waals surface area contributed by atoms with E-state index in [0.29, 0.717) is 0 Å². The third kappa shape index (κ3) is 5.57. The van der Waals surface area contributed by atoms with Crippen LogP contribution in [-0.4, -0.2) is 29.5 Å². The van der Waals surface area contributed by atoms with Gasteiger partial charge < -0.3 is 10.1 Å². The van der Waals surface area contributed by atoms with Crippen LogP contribution in [0, 0.1) is 10.1 Å². The SMILES string of the molecule is CC[C@H](C)NC(=O)NC(=O)COc1ccc(Cl)cc1[N+](=O)[O-]. The molecule has 0 heterocycles. The minimum absolute atomic E-state index is 0.0777. The Balaban J connectivity index is 2.58. The molecule has 22 heavy (non-hydrogen) atoms. The van der Waals surface area contributed by atoms with Gasteiger partial charge in [0.1, 0.15) is 0 Å². The van der Waals surface area contributed by atoms with Crippen LogP contribution in [-0.2, 0) is 4.79 Å². The molecule has 1 aromatic rings. The van der Waals surface area contributed by atoms with Crippen LogP contribution in [0.15, 0.2) is 18.2 Å². The molecule has 0 aliphatic heterocycles. The van der Waals surface area contributed by atoms with Gasteiger partial charge in [0.2, 0.25) is 0 Å². The van der Waals surface area contributed by atoms with Gasteiger partial charge >= 0.3 is 11.7 Å². The van der Waals surface area contributed by atoms with E-state index >= 15 is 0 Å². The molecule has 2 N–H and O–H groups in total. The van der Waals surface area contributed by atoms with E-state index in [2.05, 4.69) is 10.6 Å². The van der Waals surface area contributed by atoms with Gasteiger partial charge in [-0.3, -0.25) is 20.2 Å². The van der Waals surface area contributed by atoms with Gasteiger partial charge in [-0.05, 0) is 25.5 Å². The summed E-state index contributed by atoms with van der Waals surface area (Å²) < 4.78 is 5.06. The standard InChI is InChI=1S/C13H16ClN3O5/c1-3-8(2)15-13(19)16-12(18)7-22-11-5-4-9(14)6-10(11)17(20)21/h4-6,8H,3,7H2,1-2H3,(H2,15,16,18,19)/t8-/m0/s1. The van der Waals surface area contributed by atoms with Crippen molar-refractivity contribution in [2.24, 2.45) is 0 Å². The maximum absolute atomic E-state index is 11.6. The molecule has 0 saturated heterocycles. The molecule has 120 valence electrons. The third-order valence-corrected chi connectivity index (χ3v) is 2.95. The zero-order chi connectivity index (χ0) is 16.7. The highest BCUT2D eigenvalue weighted by Gasteiger charge is 2.17. The second-order valence-corrected chi connectivity index (χ2v) is 4.93. The Hall–Kier alpha value is -2.35. The van der Waals surface area contributed by atoms with Gasteiger partial charge in [0.25, 0.3) is 5.91 Å². The van der Waals surface area contributed by atoms with Crippen LogP contribution in [0.1, 0.15) is 20.3 Å². The number of halogens is 1. The Morgan fingerprint density at radius 3 is 2.73 bits per heavy atom. The average Bonchev–Trinajstić information content (AvgIpc) is 2.45. The van der Waals surface area contributed by atoms with E-state index in [9.17, 15) is 19.7 Å². The molecule has 9 heteroatoms. The van der Waals surface area contributed by atoms with Crippen molar-refractivity contribution in [3.05, 3.63) is 33.3 Å². The van der Waals surface area contributed by atoms with E-state index in [1.54, 1.807) is 6.92 Å². The number of nitro groups is 1. The number of imide groups is 1. The summed E-state index contributed by atoms with van der Waals surface area (Å²) in [5.74, 6) is -0.822. The van der Waals surface area contributed by atoms with Gasteiger partial charge in [-0.25, -0.2) is 4.79 Å². The molecular formula is C13H16ClN3O5. The van der Waals surface area contributed by atoms with Crippen molar-refractivity contribution < 1.29 is 19.2 Å². The first-order valence-electron chi connectivity index (χ1n) is 6.50. The summed E-state index contributed by atoms with van der Waals surface area (Å²) in [5.41, 5.74) is -0.357. The molecule has 0 bridgehead atoms. The van der Waals surface area contributed by atoms with Crippen molar-refractivity contribution >= 4 is 29.2 Å². The van der Waals surface area contributed by atoms with Gasteiger partial charge in [0.05, 0.1) is 4.92 Å². The maximum atomic E-state index is 11.6. The quantitative estimate of drug-likeness (QED) is 0.614. The summed E-state index contributed by atoms with van der Waals surface area (Å²) in [7, 11) is 0. The molecule has 1 aromatic carbocycles. The first kappa shape index (κ1) is 17.7. The topological polar surface area (TPSA) is 111 Å². The number of benzene rings is 1. The summed E-state index contributed by atoms with van der Waals surface area (Å²) in [5, 5.41) is 15.6. The number of carbonyl (C=O) groups excluding carboxylic acids is 2. The molecule has 1 rings (SSSR count). The molecular weight excluding hydrogens is 314 g/mol. The Morgan fingerprint density at radius 2 is 2.14 bits per heavy atom. The Bertz CT molecular complexity index is 579. The van der Waals surface area contributed by atoms with Gasteiger partial charge in [0.15, 0.2) is 12.4 Å². The third-order valence-electron chi connectivity index (χ3n) is 2.72. The summed E-state index contributed by atoms with van der Waals surface area (Å²) in [6.07, 6.45) is 0.717. The van der Waals surface area contributed by atoms with E-state index in [0.717, 1.165) is 12.5 Å². The first-order chi connectivity index (χ1) is 10.3. The highest BCUT2D eigenvalue weighted by atomic mass is 35.5. The molecule has 0 saturated carbocycles. The lowest BCUT2D eigenvalue weighted by molar-refractivity contribution is -0.385. The van der Waals surface area contributed by atoms with Crippen molar-refractivity contribution in [3.63, 3.8) is 0 Å². The molecule has 0 unspecified atom stereocenters. The van der Waals surface area contributed by atoms with E-state index in [-0.39, 0.29) is 22.5 Å². The number of nitrogens with one attached hydrogen (secondary N) is 2.